The third-order valence-electron chi connectivity index (χ3n) is 6.60. The standard InChI is InChI=1S/C28H29N3O6/c1-31-11-10-16-4-5-18(28(34)35)13-22(16)26(31)21-8-6-17(27(29)33)12-19(21)14-25(32)30-20-7-9-23(36-2)24(15-20)37-3/h4-9,12-13,15,26H,10-11,14H2,1-3H3,(H2,29,33)(H,30,32)(H,34,35). The Morgan fingerprint density at radius 1 is 0.973 bits per heavy atom. The molecule has 9 heteroatoms. The number of carbonyl (C=O) groups excluding carboxylic acids is 2. The second-order valence-electron chi connectivity index (χ2n) is 8.92. The molecule has 0 aliphatic carbocycles. The normalized spacial score (nSPS) is 14.9. The van der Waals surface area contributed by atoms with Gasteiger partial charge in [0, 0.05) is 23.9 Å². The van der Waals surface area contributed by atoms with E-state index in [9.17, 15) is 19.5 Å². The number of carboxylic acids is 1. The number of primary amides is 1. The molecule has 1 aliphatic heterocycles. The summed E-state index contributed by atoms with van der Waals surface area (Å²) in [5.41, 5.74) is 9.89. The van der Waals surface area contributed by atoms with Crippen LogP contribution in [0.4, 0.5) is 5.69 Å². The molecular weight excluding hydrogens is 474 g/mol. The Bertz CT molecular complexity index is 1370. The summed E-state index contributed by atoms with van der Waals surface area (Å²) in [5, 5.41) is 12.4. The second-order valence-corrected chi connectivity index (χ2v) is 8.92. The number of anilines is 1. The largest absolute Gasteiger partial charge is 0.493 e. The van der Waals surface area contributed by atoms with E-state index in [0.29, 0.717) is 22.7 Å². The number of carbonyl (C=O) groups is 3. The predicted octanol–water partition coefficient (Wildman–Crippen LogP) is 3.26. The SMILES string of the molecule is COc1ccc(NC(=O)Cc2cc(C(N)=O)ccc2C2c3cc(C(=O)O)ccc3CCN2C)cc1OC. The number of benzene rings is 3. The van der Waals surface area contributed by atoms with Crippen LogP contribution in [0.1, 0.15) is 49.0 Å². The third-order valence-corrected chi connectivity index (χ3v) is 6.60. The van der Waals surface area contributed by atoms with Gasteiger partial charge in [-0.2, -0.15) is 0 Å². The number of nitrogens with one attached hydrogen (secondary N) is 1. The molecule has 0 fully saturated rings. The van der Waals surface area contributed by atoms with Gasteiger partial charge in [-0.3, -0.25) is 14.5 Å². The van der Waals surface area contributed by atoms with Gasteiger partial charge in [0.25, 0.3) is 0 Å². The minimum atomic E-state index is -1.01. The Labute approximate surface area is 214 Å². The van der Waals surface area contributed by atoms with Crippen molar-refractivity contribution in [2.45, 2.75) is 18.9 Å². The van der Waals surface area contributed by atoms with E-state index in [4.69, 9.17) is 15.2 Å². The van der Waals surface area contributed by atoms with Crippen molar-refractivity contribution >= 4 is 23.5 Å². The molecule has 9 nitrogen and oxygen atoms in total. The van der Waals surface area contributed by atoms with Crippen molar-refractivity contribution in [1.29, 1.82) is 0 Å². The number of aromatic carboxylic acids is 1. The molecule has 4 rings (SSSR count). The molecule has 3 aromatic carbocycles. The van der Waals surface area contributed by atoms with Crippen molar-refractivity contribution in [2.75, 3.05) is 33.1 Å². The Morgan fingerprint density at radius 2 is 1.70 bits per heavy atom. The average Bonchev–Trinajstić information content (AvgIpc) is 2.88. The van der Waals surface area contributed by atoms with E-state index >= 15 is 0 Å². The average molecular weight is 504 g/mol. The summed E-state index contributed by atoms with van der Waals surface area (Å²) in [6.45, 7) is 0.749. The Kier molecular flexibility index (Phi) is 7.45. The lowest BCUT2D eigenvalue weighted by Gasteiger charge is -2.36. The minimum absolute atomic E-state index is 0.0247. The van der Waals surface area contributed by atoms with Crippen LogP contribution in [0.2, 0.25) is 0 Å². The van der Waals surface area contributed by atoms with Crippen LogP contribution >= 0.6 is 0 Å². The summed E-state index contributed by atoms with van der Waals surface area (Å²) < 4.78 is 10.6. The summed E-state index contributed by atoms with van der Waals surface area (Å²) in [6.07, 6.45) is 0.750. The Balaban J connectivity index is 1.71. The number of ether oxygens (including phenoxy) is 2. The molecule has 3 aromatic rings. The lowest BCUT2D eigenvalue weighted by atomic mass is 9.84. The highest BCUT2D eigenvalue weighted by molar-refractivity contribution is 5.95. The fourth-order valence-corrected chi connectivity index (χ4v) is 4.75. The highest BCUT2D eigenvalue weighted by atomic mass is 16.5. The van der Waals surface area contributed by atoms with Gasteiger partial charge in [0.1, 0.15) is 0 Å². The zero-order valence-corrected chi connectivity index (χ0v) is 20.9. The van der Waals surface area contributed by atoms with Crippen LogP contribution < -0.4 is 20.5 Å². The lowest BCUT2D eigenvalue weighted by Crippen LogP contribution is -2.34. The van der Waals surface area contributed by atoms with Crippen LogP contribution in [0.3, 0.4) is 0 Å². The van der Waals surface area contributed by atoms with E-state index in [0.717, 1.165) is 29.7 Å². The molecule has 0 bridgehead atoms. The molecule has 0 spiro atoms. The first kappa shape index (κ1) is 25.7. The maximum atomic E-state index is 13.1. The third kappa shape index (κ3) is 5.41. The first-order valence-electron chi connectivity index (χ1n) is 11.7. The molecule has 1 atom stereocenters. The van der Waals surface area contributed by atoms with Crippen LogP contribution in [0.5, 0.6) is 11.5 Å². The van der Waals surface area contributed by atoms with Crippen molar-refractivity contribution < 1.29 is 29.0 Å². The van der Waals surface area contributed by atoms with Crippen molar-refractivity contribution in [3.05, 3.63) is 88.0 Å². The van der Waals surface area contributed by atoms with Gasteiger partial charge in [-0.05, 0) is 72.1 Å². The fraction of sp³-hybridized carbons (Fsp3) is 0.250. The van der Waals surface area contributed by atoms with Crippen molar-refractivity contribution in [3.8, 4) is 11.5 Å². The number of hydrogen-bond acceptors (Lipinski definition) is 6. The van der Waals surface area contributed by atoms with Gasteiger partial charge in [0.15, 0.2) is 11.5 Å². The van der Waals surface area contributed by atoms with Gasteiger partial charge in [-0.15, -0.1) is 0 Å². The van der Waals surface area contributed by atoms with E-state index in [2.05, 4.69) is 10.2 Å². The molecule has 1 unspecified atom stereocenters. The highest BCUT2D eigenvalue weighted by Crippen LogP contribution is 2.37. The Morgan fingerprint density at radius 3 is 2.38 bits per heavy atom. The van der Waals surface area contributed by atoms with Crippen LogP contribution in [0, 0.1) is 0 Å². The lowest BCUT2D eigenvalue weighted by molar-refractivity contribution is -0.115. The van der Waals surface area contributed by atoms with Crippen molar-refractivity contribution in [1.82, 2.24) is 4.90 Å². The summed E-state index contributed by atoms with van der Waals surface area (Å²) in [4.78, 5) is 38.9. The van der Waals surface area contributed by atoms with Crippen LogP contribution in [-0.4, -0.2) is 55.6 Å². The number of nitrogens with zero attached hydrogens (tertiary/aromatic N) is 1. The zero-order chi connectivity index (χ0) is 26.7. The number of rotatable bonds is 8. The minimum Gasteiger partial charge on any atom is -0.493 e. The maximum absolute atomic E-state index is 13.1. The van der Waals surface area contributed by atoms with Gasteiger partial charge < -0.3 is 25.6 Å². The van der Waals surface area contributed by atoms with Crippen LogP contribution in [0.15, 0.2) is 54.6 Å². The summed E-state index contributed by atoms with van der Waals surface area (Å²) >= 11 is 0. The van der Waals surface area contributed by atoms with E-state index in [-0.39, 0.29) is 29.5 Å². The van der Waals surface area contributed by atoms with E-state index < -0.39 is 11.9 Å². The van der Waals surface area contributed by atoms with Gasteiger partial charge in [-0.1, -0.05) is 12.1 Å². The number of likely N-dealkylation sites (N-methyl/N-ethyl adjacent to an activating group) is 1. The number of methoxy groups -OCH3 is 2. The summed E-state index contributed by atoms with van der Waals surface area (Å²) in [7, 11) is 5.00. The van der Waals surface area contributed by atoms with Crippen LogP contribution in [0.25, 0.3) is 0 Å². The summed E-state index contributed by atoms with van der Waals surface area (Å²) in [6, 6.07) is 15.0. The number of fused-ring (bicyclic) bond motifs is 1. The maximum Gasteiger partial charge on any atom is 0.335 e. The van der Waals surface area contributed by atoms with E-state index in [1.165, 1.54) is 14.2 Å². The smallest absolute Gasteiger partial charge is 0.335 e. The molecule has 192 valence electrons. The first-order valence-corrected chi connectivity index (χ1v) is 11.7. The zero-order valence-electron chi connectivity index (χ0n) is 20.9. The number of carboxylic acid groups (broad SMARTS) is 1. The monoisotopic (exact) mass is 503 g/mol. The topological polar surface area (TPSA) is 131 Å². The molecule has 0 saturated carbocycles. The fourth-order valence-electron chi connectivity index (χ4n) is 4.75. The van der Waals surface area contributed by atoms with Gasteiger partial charge in [-0.25, -0.2) is 4.79 Å². The van der Waals surface area contributed by atoms with Crippen LogP contribution in [-0.2, 0) is 17.6 Å². The van der Waals surface area contributed by atoms with Gasteiger partial charge in [0.05, 0.1) is 32.2 Å². The van der Waals surface area contributed by atoms with E-state index in [1.807, 2.05) is 13.1 Å². The molecule has 4 N–H and O–H groups in total. The highest BCUT2D eigenvalue weighted by Gasteiger charge is 2.29. The second kappa shape index (κ2) is 10.7. The summed E-state index contributed by atoms with van der Waals surface area (Å²) in [5.74, 6) is -0.886. The molecular formula is C28H29N3O6. The number of amides is 2. The van der Waals surface area contributed by atoms with Gasteiger partial charge in [0.2, 0.25) is 11.8 Å². The van der Waals surface area contributed by atoms with Crippen molar-refractivity contribution in [2.24, 2.45) is 5.73 Å². The molecule has 1 heterocycles. The Hall–Kier alpha value is -4.37. The van der Waals surface area contributed by atoms with E-state index in [1.54, 1.807) is 48.5 Å². The predicted molar refractivity (Wildman–Crippen MR) is 138 cm³/mol. The quantitative estimate of drug-likeness (QED) is 0.430. The molecule has 0 saturated heterocycles. The molecule has 0 aromatic heterocycles. The molecule has 2 amide bonds. The molecule has 0 radical (unpaired) electrons. The number of nitrogens with two attached hydrogens (primary N) is 1. The first-order chi connectivity index (χ1) is 17.7. The van der Waals surface area contributed by atoms with Gasteiger partial charge >= 0.3 is 5.97 Å². The van der Waals surface area contributed by atoms with Crippen molar-refractivity contribution in [3.63, 3.8) is 0 Å². The molecule has 1 aliphatic rings. The number of hydrogen-bond donors (Lipinski definition) is 3. The molecule has 37 heavy (non-hydrogen) atoms.